The second kappa shape index (κ2) is 7.64. The Morgan fingerprint density at radius 1 is 1.42 bits per heavy atom. The minimum Gasteiger partial charge on any atom is -0.447 e. The van der Waals surface area contributed by atoms with Gasteiger partial charge in [0.25, 0.3) is 10.0 Å². The van der Waals surface area contributed by atoms with Gasteiger partial charge in [0, 0.05) is 12.6 Å². The third-order valence-electron chi connectivity index (χ3n) is 2.55. The fourth-order valence-electron chi connectivity index (χ4n) is 1.56. The Morgan fingerprint density at radius 2 is 2.16 bits per heavy atom. The van der Waals surface area contributed by atoms with Crippen molar-refractivity contribution in [3.8, 4) is 0 Å². The summed E-state index contributed by atoms with van der Waals surface area (Å²) >= 11 is 0. The summed E-state index contributed by atoms with van der Waals surface area (Å²) in [6.45, 7) is 5.05. The van der Waals surface area contributed by atoms with E-state index < -0.39 is 10.0 Å². The van der Waals surface area contributed by atoms with Crippen LogP contribution in [-0.4, -0.2) is 32.7 Å². The average Bonchev–Trinajstić information content (AvgIpc) is 2.78. The first-order chi connectivity index (χ1) is 8.99. The summed E-state index contributed by atoms with van der Waals surface area (Å²) in [6, 6.07) is 2.76. The zero-order valence-corrected chi connectivity index (χ0v) is 12.2. The Kier molecular flexibility index (Phi) is 6.50. The van der Waals surface area contributed by atoms with Crippen LogP contribution in [0.15, 0.2) is 21.6 Å². The van der Waals surface area contributed by atoms with Crippen molar-refractivity contribution in [1.29, 1.82) is 0 Å². The van der Waals surface area contributed by atoms with Crippen LogP contribution >= 0.6 is 0 Å². The lowest BCUT2D eigenvalue weighted by Gasteiger charge is -2.11. The molecule has 0 aromatic carbocycles. The van der Waals surface area contributed by atoms with E-state index in [9.17, 15) is 8.42 Å². The molecule has 0 saturated heterocycles. The highest BCUT2D eigenvalue weighted by Crippen LogP contribution is 2.14. The summed E-state index contributed by atoms with van der Waals surface area (Å²) in [7, 11) is -3.65. The Balaban J connectivity index is 2.63. The molecule has 1 heterocycles. The molecule has 0 spiro atoms. The Bertz CT molecular complexity index is 470. The third kappa shape index (κ3) is 5.32. The molecule has 110 valence electrons. The number of aliphatic hydroxyl groups excluding tert-OH is 1. The van der Waals surface area contributed by atoms with Gasteiger partial charge in [0.05, 0.1) is 6.54 Å². The van der Waals surface area contributed by atoms with Crippen molar-refractivity contribution >= 4 is 10.0 Å². The maximum Gasteiger partial charge on any atom is 0.274 e. The molecule has 7 heteroatoms. The maximum absolute atomic E-state index is 12.0. The van der Waals surface area contributed by atoms with Crippen molar-refractivity contribution in [2.24, 2.45) is 0 Å². The Labute approximate surface area is 114 Å². The number of aliphatic hydroxyl groups is 1. The van der Waals surface area contributed by atoms with Gasteiger partial charge in [-0.3, -0.25) is 0 Å². The number of rotatable bonds is 9. The summed E-state index contributed by atoms with van der Waals surface area (Å²) in [5.74, 6) is 0.587. The minimum absolute atomic E-state index is 0.0615. The van der Waals surface area contributed by atoms with Crippen LogP contribution in [0.25, 0.3) is 0 Å². The van der Waals surface area contributed by atoms with E-state index >= 15 is 0 Å². The van der Waals surface area contributed by atoms with E-state index in [0.29, 0.717) is 18.7 Å². The summed E-state index contributed by atoms with van der Waals surface area (Å²) in [6.07, 6.45) is 1.37. The molecule has 6 nitrogen and oxygen atoms in total. The minimum atomic E-state index is -3.65. The van der Waals surface area contributed by atoms with E-state index in [4.69, 9.17) is 9.52 Å². The molecule has 1 unspecified atom stereocenters. The summed E-state index contributed by atoms with van der Waals surface area (Å²) in [5.41, 5.74) is 0. The standard InChI is InChI=1S/C12H22N2O4S/c1-3-7-13-9-11-4-5-12(18-11)19(16,17)14-10(2)6-8-15/h4-5,10,13-15H,3,6-9H2,1-2H3. The molecule has 3 N–H and O–H groups in total. The molecule has 0 bridgehead atoms. The summed E-state index contributed by atoms with van der Waals surface area (Å²) in [4.78, 5) is 0. The highest BCUT2D eigenvalue weighted by molar-refractivity contribution is 7.89. The number of hydrogen-bond donors (Lipinski definition) is 3. The van der Waals surface area contributed by atoms with E-state index in [-0.39, 0.29) is 17.7 Å². The van der Waals surface area contributed by atoms with E-state index in [0.717, 1.165) is 13.0 Å². The predicted molar refractivity (Wildman–Crippen MR) is 72.2 cm³/mol. The first kappa shape index (κ1) is 16.2. The monoisotopic (exact) mass is 290 g/mol. The van der Waals surface area contributed by atoms with Crippen LogP contribution in [0.1, 0.15) is 32.4 Å². The zero-order valence-electron chi connectivity index (χ0n) is 11.3. The second-order valence-electron chi connectivity index (χ2n) is 4.43. The van der Waals surface area contributed by atoms with Crippen LogP contribution in [0, 0.1) is 0 Å². The molecule has 0 saturated carbocycles. The smallest absolute Gasteiger partial charge is 0.274 e. The maximum atomic E-state index is 12.0. The molecular formula is C12H22N2O4S. The molecule has 0 fully saturated rings. The van der Waals surface area contributed by atoms with Crippen molar-refractivity contribution in [2.75, 3.05) is 13.2 Å². The molecular weight excluding hydrogens is 268 g/mol. The lowest BCUT2D eigenvalue weighted by Crippen LogP contribution is -2.33. The number of hydrogen-bond acceptors (Lipinski definition) is 5. The van der Waals surface area contributed by atoms with Gasteiger partial charge in [0.1, 0.15) is 5.76 Å². The van der Waals surface area contributed by atoms with Gasteiger partial charge in [0.15, 0.2) is 0 Å². The van der Waals surface area contributed by atoms with Gasteiger partial charge in [-0.15, -0.1) is 0 Å². The van der Waals surface area contributed by atoms with E-state index in [1.54, 1.807) is 13.0 Å². The topological polar surface area (TPSA) is 91.6 Å². The summed E-state index contributed by atoms with van der Waals surface area (Å²) in [5, 5.41) is 11.8. The number of sulfonamides is 1. The van der Waals surface area contributed by atoms with Gasteiger partial charge in [-0.2, -0.15) is 0 Å². The molecule has 0 aliphatic rings. The van der Waals surface area contributed by atoms with Gasteiger partial charge in [0.2, 0.25) is 5.09 Å². The molecule has 1 rings (SSSR count). The Hall–Kier alpha value is -0.890. The molecule has 0 radical (unpaired) electrons. The molecule has 0 aliphatic heterocycles. The molecule has 0 amide bonds. The molecule has 1 aromatic heterocycles. The van der Waals surface area contributed by atoms with Crippen molar-refractivity contribution in [3.63, 3.8) is 0 Å². The normalized spacial score (nSPS) is 13.6. The van der Waals surface area contributed by atoms with Gasteiger partial charge >= 0.3 is 0 Å². The third-order valence-corrected chi connectivity index (χ3v) is 4.01. The first-order valence-electron chi connectivity index (χ1n) is 6.42. The molecule has 1 atom stereocenters. The molecule has 19 heavy (non-hydrogen) atoms. The van der Waals surface area contributed by atoms with Crippen molar-refractivity contribution in [1.82, 2.24) is 10.0 Å². The average molecular weight is 290 g/mol. The van der Waals surface area contributed by atoms with E-state index in [2.05, 4.69) is 17.0 Å². The van der Waals surface area contributed by atoms with Gasteiger partial charge in [-0.25, -0.2) is 13.1 Å². The SMILES string of the molecule is CCCNCc1ccc(S(=O)(=O)NC(C)CCO)o1. The van der Waals surface area contributed by atoms with Crippen molar-refractivity contribution < 1.29 is 17.9 Å². The van der Waals surface area contributed by atoms with Crippen molar-refractivity contribution in [2.45, 2.75) is 44.4 Å². The number of nitrogens with one attached hydrogen (secondary N) is 2. The van der Waals surface area contributed by atoms with Gasteiger partial charge < -0.3 is 14.8 Å². The predicted octanol–water partition coefficient (Wildman–Crippen LogP) is 0.828. The van der Waals surface area contributed by atoms with E-state index in [1.807, 2.05) is 0 Å². The van der Waals surface area contributed by atoms with Crippen LogP contribution in [0.4, 0.5) is 0 Å². The lowest BCUT2D eigenvalue weighted by molar-refractivity contribution is 0.275. The highest BCUT2D eigenvalue weighted by Gasteiger charge is 2.20. The van der Waals surface area contributed by atoms with Crippen LogP contribution in [0.3, 0.4) is 0 Å². The Morgan fingerprint density at radius 3 is 2.79 bits per heavy atom. The van der Waals surface area contributed by atoms with Crippen LogP contribution in [-0.2, 0) is 16.6 Å². The fraction of sp³-hybridized carbons (Fsp3) is 0.667. The van der Waals surface area contributed by atoms with Gasteiger partial charge in [-0.1, -0.05) is 6.92 Å². The highest BCUT2D eigenvalue weighted by atomic mass is 32.2. The summed E-state index contributed by atoms with van der Waals surface area (Å²) < 4.78 is 31.7. The molecule has 1 aromatic rings. The largest absolute Gasteiger partial charge is 0.447 e. The van der Waals surface area contributed by atoms with Crippen molar-refractivity contribution in [3.05, 3.63) is 17.9 Å². The van der Waals surface area contributed by atoms with Crippen LogP contribution in [0.5, 0.6) is 0 Å². The molecule has 0 aliphatic carbocycles. The number of furan rings is 1. The van der Waals surface area contributed by atoms with Gasteiger partial charge in [-0.05, 0) is 38.4 Å². The fourth-order valence-corrected chi connectivity index (χ4v) is 2.79. The second-order valence-corrected chi connectivity index (χ2v) is 6.08. The lowest BCUT2D eigenvalue weighted by atomic mass is 10.3. The first-order valence-corrected chi connectivity index (χ1v) is 7.90. The zero-order chi connectivity index (χ0) is 14.3. The van der Waals surface area contributed by atoms with Crippen LogP contribution < -0.4 is 10.0 Å². The quantitative estimate of drug-likeness (QED) is 0.586. The van der Waals surface area contributed by atoms with E-state index in [1.165, 1.54) is 6.07 Å². The van der Waals surface area contributed by atoms with Crippen LogP contribution in [0.2, 0.25) is 0 Å².